The maximum atomic E-state index is 13.3. The number of fused-ring (bicyclic) bond motifs is 1. The van der Waals surface area contributed by atoms with Crippen molar-refractivity contribution in [3.63, 3.8) is 0 Å². The van der Waals surface area contributed by atoms with E-state index < -0.39 is 0 Å². The molecule has 1 aliphatic rings. The van der Waals surface area contributed by atoms with Crippen LogP contribution in [0.15, 0.2) is 71.3 Å². The molecule has 5 rings (SSSR count). The molecule has 5 heteroatoms. The molecule has 0 aliphatic carbocycles. The highest BCUT2D eigenvalue weighted by atomic mass is 16.5. The Labute approximate surface area is 175 Å². The van der Waals surface area contributed by atoms with E-state index in [0.717, 1.165) is 46.8 Å². The molecule has 1 fully saturated rings. The van der Waals surface area contributed by atoms with Crippen LogP contribution in [0, 0.1) is 6.92 Å². The van der Waals surface area contributed by atoms with Crippen molar-refractivity contribution in [1.82, 2.24) is 15.0 Å². The van der Waals surface area contributed by atoms with Crippen LogP contribution in [0.2, 0.25) is 0 Å². The van der Waals surface area contributed by atoms with Crippen molar-refractivity contribution in [3.8, 4) is 11.4 Å². The van der Waals surface area contributed by atoms with Gasteiger partial charge >= 0.3 is 0 Å². The maximum Gasteiger partial charge on any atom is 0.254 e. The number of hydrogen-bond acceptors (Lipinski definition) is 4. The number of piperidine rings is 1. The van der Waals surface area contributed by atoms with Crippen LogP contribution in [0.3, 0.4) is 0 Å². The predicted molar refractivity (Wildman–Crippen MR) is 116 cm³/mol. The van der Waals surface area contributed by atoms with Gasteiger partial charge in [-0.05, 0) is 42.7 Å². The zero-order chi connectivity index (χ0) is 20.5. The van der Waals surface area contributed by atoms with Gasteiger partial charge in [0.15, 0.2) is 0 Å². The van der Waals surface area contributed by atoms with Gasteiger partial charge in [-0.25, -0.2) is 0 Å². The van der Waals surface area contributed by atoms with Crippen LogP contribution >= 0.6 is 0 Å². The van der Waals surface area contributed by atoms with Crippen LogP contribution in [0.1, 0.15) is 40.6 Å². The third-order valence-electron chi connectivity index (χ3n) is 5.80. The molecular formula is C25H23N3O2. The Kier molecular flexibility index (Phi) is 4.79. The van der Waals surface area contributed by atoms with Crippen LogP contribution in [0.25, 0.3) is 22.2 Å². The van der Waals surface area contributed by atoms with Gasteiger partial charge in [-0.2, -0.15) is 4.98 Å². The third-order valence-corrected chi connectivity index (χ3v) is 5.80. The van der Waals surface area contributed by atoms with Gasteiger partial charge in [0.05, 0.1) is 5.92 Å². The minimum Gasteiger partial charge on any atom is -0.339 e. The van der Waals surface area contributed by atoms with E-state index in [9.17, 15) is 4.79 Å². The molecule has 0 spiro atoms. The predicted octanol–water partition coefficient (Wildman–Crippen LogP) is 5.22. The molecule has 1 atom stereocenters. The second-order valence-corrected chi connectivity index (χ2v) is 7.94. The molecule has 1 amide bonds. The number of aromatic nitrogens is 2. The van der Waals surface area contributed by atoms with Crippen molar-refractivity contribution in [1.29, 1.82) is 0 Å². The fourth-order valence-electron chi connectivity index (χ4n) is 4.25. The van der Waals surface area contributed by atoms with Gasteiger partial charge in [-0.15, -0.1) is 0 Å². The smallest absolute Gasteiger partial charge is 0.254 e. The van der Waals surface area contributed by atoms with Crippen molar-refractivity contribution in [3.05, 3.63) is 83.7 Å². The van der Waals surface area contributed by atoms with E-state index in [1.807, 2.05) is 78.6 Å². The molecule has 0 bridgehead atoms. The topological polar surface area (TPSA) is 59.2 Å². The molecular weight excluding hydrogens is 374 g/mol. The zero-order valence-corrected chi connectivity index (χ0v) is 16.9. The van der Waals surface area contributed by atoms with Crippen molar-refractivity contribution in [2.75, 3.05) is 13.1 Å². The summed E-state index contributed by atoms with van der Waals surface area (Å²) >= 11 is 0. The highest BCUT2D eigenvalue weighted by Crippen LogP contribution is 2.29. The standard InChI is InChI=1S/C25H23N3O2/c1-17-7-4-10-19(15-17)23-26-24(30-27-23)20-11-6-14-28(16-20)25(29)22-13-5-9-18-8-2-3-12-21(18)22/h2-5,7-10,12-13,15,20H,6,11,14,16H2,1H3. The largest absolute Gasteiger partial charge is 0.339 e. The Morgan fingerprint density at radius 3 is 2.80 bits per heavy atom. The Morgan fingerprint density at radius 2 is 1.90 bits per heavy atom. The summed E-state index contributed by atoms with van der Waals surface area (Å²) in [5, 5.41) is 6.25. The maximum absolute atomic E-state index is 13.3. The normalized spacial score (nSPS) is 16.7. The van der Waals surface area contributed by atoms with Gasteiger partial charge in [0.25, 0.3) is 5.91 Å². The molecule has 0 N–H and O–H groups in total. The summed E-state index contributed by atoms with van der Waals surface area (Å²) in [7, 11) is 0. The van der Waals surface area contributed by atoms with Gasteiger partial charge in [-0.1, -0.05) is 65.3 Å². The van der Waals surface area contributed by atoms with E-state index in [4.69, 9.17) is 4.52 Å². The second kappa shape index (κ2) is 7.75. The fourth-order valence-corrected chi connectivity index (χ4v) is 4.25. The van der Waals surface area contributed by atoms with E-state index >= 15 is 0 Å². The number of nitrogens with zero attached hydrogens (tertiary/aromatic N) is 3. The first kappa shape index (κ1) is 18.6. The van der Waals surface area contributed by atoms with E-state index in [1.54, 1.807) is 0 Å². The molecule has 1 aromatic heterocycles. The van der Waals surface area contributed by atoms with Gasteiger partial charge in [-0.3, -0.25) is 4.79 Å². The molecule has 150 valence electrons. The number of carbonyl (C=O) groups excluding carboxylic acids is 1. The van der Waals surface area contributed by atoms with Gasteiger partial charge in [0, 0.05) is 24.2 Å². The molecule has 1 saturated heterocycles. The number of carbonyl (C=O) groups is 1. The van der Waals surface area contributed by atoms with Crippen LogP contribution in [-0.2, 0) is 0 Å². The number of rotatable bonds is 3. The highest BCUT2D eigenvalue weighted by Gasteiger charge is 2.29. The van der Waals surface area contributed by atoms with Crippen LogP contribution < -0.4 is 0 Å². The molecule has 5 nitrogen and oxygen atoms in total. The Balaban J connectivity index is 1.38. The molecule has 0 saturated carbocycles. The zero-order valence-electron chi connectivity index (χ0n) is 16.9. The monoisotopic (exact) mass is 397 g/mol. The lowest BCUT2D eigenvalue weighted by molar-refractivity contribution is 0.0697. The third kappa shape index (κ3) is 3.47. The summed E-state index contributed by atoms with van der Waals surface area (Å²) in [6, 6.07) is 22.0. The van der Waals surface area contributed by atoms with E-state index in [1.165, 1.54) is 0 Å². The first-order valence-corrected chi connectivity index (χ1v) is 10.4. The number of likely N-dealkylation sites (tertiary alicyclic amines) is 1. The lowest BCUT2D eigenvalue weighted by Gasteiger charge is -2.31. The van der Waals surface area contributed by atoms with Crippen LogP contribution in [-0.4, -0.2) is 34.0 Å². The van der Waals surface area contributed by atoms with Crippen molar-refractivity contribution in [2.45, 2.75) is 25.7 Å². The van der Waals surface area contributed by atoms with Crippen LogP contribution in [0.5, 0.6) is 0 Å². The number of aryl methyl sites for hydroxylation is 1. The number of hydrogen-bond donors (Lipinski definition) is 0. The molecule has 4 aromatic rings. The molecule has 2 heterocycles. The highest BCUT2D eigenvalue weighted by molar-refractivity contribution is 6.07. The quantitative estimate of drug-likeness (QED) is 0.476. The summed E-state index contributed by atoms with van der Waals surface area (Å²) in [6.45, 7) is 3.39. The van der Waals surface area contributed by atoms with E-state index in [-0.39, 0.29) is 11.8 Å². The fraction of sp³-hybridized carbons (Fsp3) is 0.240. The summed E-state index contributed by atoms with van der Waals surface area (Å²) < 4.78 is 5.60. The van der Waals surface area contributed by atoms with E-state index in [0.29, 0.717) is 18.3 Å². The summed E-state index contributed by atoms with van der Waals surface area (Å²) in [5.74, 6) is 1.34. The SMILES string of the molecule is Cc1cccc(-c2noc(C3CCCN(C(=O)c4cccc5ccccc45)C3)n2)c1. The first-order chi connectivity index (χ1) is 14.7. The summed E-state index contributed by atoms with van der Waals surface area (Å²) in [4.78, 5) is 19.9. The molecule has 1 unspecified atom stereocenters. The van der Waals surface area contributed by atoms with Crippen molar-refractivity contribution < 1.29 is 9.32 Å². The minimum atomic E-state index is 0.0590. The molecule has 1 aliphatic heterocycles. The lowest BCUT2D eigenvalue weighted by Crippen LogP contribution is -2.39. The van der Waals surface area contributed by atoms with Crippen molar-refractivity contribution in [2.24, 2.45) is 0 Å². The van der Waals surface area contributed by atoms with E-state index in [2.05, 4.69) is 10.1 Å². The minimum absolute atomic E-state index is 0.0590. The van der Waals surface area contributed by atoms with Crippen molar-refractivity contribution >= 4 is 16.7 Å². The Morgan fingerprint density at radius 1 is 1.07 bits per heavy atom. The lowest BCUT2D eigenvalue weighted by atomic mass is 9.96. The molecule has 3 aromatic carbocycles. The molecule has 0 radical (unpaired) electrons. The number of benzene rings is 3. The summed E-state index contributed by atoms with van der Waals surface area (Å²) in [6.07, 6.45) is 1.86. The Bertz CT molecular complexity index is 1210. The van der Waals surface area contributed by atoms with Gasteiger partial charge < -0.3 is 9.42 Å². The average molecular weight is 397 g/mol. The van der Waals surface area contributed by atoms with Gasteiger partial charge in [0.1, 0.15) is 0 Å². The van der Waals surface area contributed by atoms with Gasteiger partial charge in [0.2, 0.25) is 11.7 Å². The average Bonchev–Trinajstić information content (AvgIpc) is 3.29. The summed E-state index contributed by atoms with van der Waals surface area (Å²) in [5.41, 5.74) is 2.85. The molecule has 30 heavy (non-hydrogen) atoms. The second-order valence-electron chi connectivity index (χ2n) is 7.94. The first-order valence-electron chi connectivity index (χ1n) is 10.4. The number of amides is 1. The Hall–Kier alpha value is -3.47. The van der Waals surface area contributed by atoms with Crippen LogP contribution in [0.4, 0.5) is 0 Å².